The average Bonchev–Trinajstić information content (AvgIpc) is 1.78. The highest BCUT2D eigenvalue weighted by Crippen LogP contribution is 2.42. The van der Waals surface area contributed by atoms with E-state index in [0.29, 0.717) is 6.42 Å². The maximum Gasteiger partial charge on any atom is 0.135 e. The third-order valence-electron chi connectivity index (χ3n) is 1.69. The van der Waals surface area contributed by atoms with Crippen molar-refractivity contribution in [3.63, 3.8) is 0 Å². The molecule has 0 unspecified atom stereocenters. The van der Waals surface area contributed by atoms with Crippen molar-refractivity contribution in [2.75, 3.05) is 0 Å². The number of alkyl halides is 4. The van der Waals surface area contributed by atoms with Crippen molar-refractivity contribution in [1.82, 2.24) is 0 Å². The van der Waals surface area contributed by atoms with Gasteiger partial charge in [0.25, 0.3) is 0 Å². The second-order valence-corrected chi connectivity index (χ2v) is 5.29. The van der Waals surface area contributed by atoms with Crippen LogP contribution in [0.25, 0.3) is 0 Å². The van der Waals surface area contributed by atoms with E-state index in [1.165, 1.54) is 0 Å². The van der Waals surface area contributed by atoms with Gasteiger partial charge in [0.15, 0.2) is 0 Å². The second kappa shape index (κ2) is 3.26. The van der Waals surface area contributed by atoms with Gasteiger partial charge in [0.05, 0.1) is 5.38 Å². The van der Waals surface area contributed by atoms with Crippen molar-refractivity contribution < 1.29 is 0 Å². The molecule has 0 N–H and O–H groups in total. The molecule has 0 radical (unpaired) electrons. The highest BCUT2D eigenvalue weighted by atomic mass is 35.5. The first-order valence-electron chi connectivity index (χ1n) is 3.18. The van der Waals surface area contributed by atoms with E-state index >= 15 is 0 Å². The third kappa shape index (κ3) is 2.07. The zero-order valence-corrected chi connectivity index (χ0v) is 8.31. The van der Waals surface area contributed by atoms with Crippen molar-refractivity contribution in [3.05, 3.63) is 0 Å². The van der Waals surface area contributed by atoms with Gasteiger partial charge in [-0.1, -0.05) is 23.2 Å². The summed E-state index contributed by atoms with van der Waals surface area (Å²) >= 11 is 23.4. The quantitative estimate of drug-likeness (QED) is 0.549. The largest absolute Gasteiger partial charge is 0.135 e. The molecule has 0 heterocycles. The lowest BCUT2D eigenvalue weighted by molar-refractivity contribution is 0.492. The highest BCUT2D eigenvalue weighted by Gasteiger charge is 2.39. The van der Waals surface area contributed by atoms with Crippen molar-refractivity contribution in [3.8, 4) is 0 Å². The van der Waals surface area contributed by atoms with Crippen molar-refractivity contribution in [2.24, 2.45) is 0 Å². The molecule has 1 rings (SSSR count). The molecule has 0 nitrogen and oxygen atoms in total. The summed E-state index contributed by atoms with van der Waals surface area (Å²) in [5.74, 6) is 0. The minimum absolute atomic E-state index is 0.0880. The van der Waals surface area contributed by atoms with Crippen LogP contribution in [-0.4, -0.2) is 15.1 Å². The number of halogens is 4. The first kappa shape index (κ1) is 9.25. The van der Waals surface area contributed by atoms with Crippen LogP contribution in [-0.2, 0) is 0 Å². The summed E-state index contributed by atoms with van der Waals surface area (Å²) in [5.41, 5.74) is 0. The fraction of sp³-hybridized carbons (Fsp3) is 1.00. The SMILES string of the molecule is Cl[C@H]1CC[C@H](Cl)C(Cl)(Cl)C1. The maximum absolute atomic E-state index is 5.87. The molecule has 4 heteroatoms. The number of rotatable bonds is 0. The Kier molecular flexibility index (Phi) is 3.02. The fourth-order valence-corrected chi connectivity index (χ4v) is 2.40. The van der Waals surface area contributed by atoms with Crippen LogP contribution in [0.3, 0.4) is 0 Å². The van der Waals surface area contributed by atoms with E-state index in [0.717, 1.165) is 12.8 Å². The molecule has 0 aromatic heterocycles. The van der Waals surface area contributed by atoms with Crippen LogP contribution in [0.4, 0.5) is 0 Å². The zero-order valence-electron chi connectivity index (χ0n) is 5.29. The lowest BCUT2D eigenvalue weighted by Crippen LogP contribution is -2.34. The molecule has 10 heavy (non-hydrogen) atoms. The minimum atomic E-state index is -0.813. The van der Waals surface area contributed by atoms with Crippen LogP contribution >= 0.6 is 46.4 Å². The van der Waals surface area contributed by atoms with Gasteiger partial charge in [-0.15, -0.1) is 23.2 Å². The summed E-state index contributed by atoms with van der Waals surface area (Å²) in [6.07, 6.45) is 2.31. The number of hydrogen-bond donors (Lipinski definition) is 0. The first-order valence-corrected chi connectivity index (χ1v) is 4.81. The lowest BCUT2D eigenvalue weighted by Gasteiger charge is -2.32. The molecule has 0 aliphatic heterocycles. The van der Waals surface area contributed by atoms with Gasteiger partial charge in [-0.2, -0.15) is 0 Å². The summed E-state index contributed by atoms with van der Waals surface area (Å²) in [6.45, 7) is 0. The predicted molar refractivity (Wildman–Crippen MR) is 47.6 cm³/mol. The van der Waals surface area contributed by atoms with Crippen LogP contribution in [0, 0.1) is 0 Å². The summed E-state index contributed by atoms with van der Waals surface area (Å²) in [5, 5.41) is -0.0594. The zero-order chi connectivity index (χ0) is 7.78. The molecule has 0 bridgehead atoms. The van der Waals surface area contributed by atoms with E-state index in [4.69, 9.17) is 46.4 Å². The summed E-state index contributed by atoms with van der Waals surface area (Å²) < 4.78 is -0.813. The Labute approximate surface area is 80.8 Å². The van der Waals surface area contributed by atoms with Gasteiger partial charge in [0.1, 0.15) is 4.33 Å². The molecule has 1 aliphatic rings. The topological polar surface area (TPSA) is 0 Å². The van der Waals surface area contributed by atoms with E-state index in [9.17, 15) is 0 Å². The fourth-order valence-electron chi connectivity index (χ4n) is 1.06. The van der Waals surface area contributed by atoms with E-state index in [1.807, 2.05) is 0 Å². The molecule has 1 fully saturated rings. The molecule has 0 saturated heterocycles. The Balaban J connectivity index is 2.55. The molecule has 1 aliphatic carbocycles. The van der Waals surface area contributed by atoms with Gasteiger partial charge in [-0.25, -0.2) is 0 Å². The van der Waals surface area contributed by atoms with Gasteiger partial charge in [0, 0.05) is 5.38 Å². The van der Waals surface area contributed by atoms with Crippen LogP contribution < -0.4 is 0 Å². The second-order valence-electron chi connectivity index (χ2n) is 2.61. The summed E-state index contributed by atoms with van der Waals surface area (Å²) in [4.78, 5) is 0. The highest BCUT2D eigenvalue weighted by molar-refractivity contribution is 6.52. The molecule has 0 spiro atoms. The van der Waals surface area contributed by atoms with Crippen LogP contribution in [0.15, 0.2) is 0 Å². The normalized spacial score (nSPS) is 39.6. The maximum atomic E-state index is 5.87. The molecule has 2 atom stereocenters. The molecule has 0 amide bonds. The summed E-state index contributed by atoms with van der Waals surface area (Å²) in [6, 6.07) is 0. The lowest BCUT2D eigenvalue weighted by atomic mass is 9.99. The number of hydrogen-bond acceptors (Lipinski definition) is 0. The molecule has 0 aromatic rings. The third-order valence-corrected chi connectivity index (χ3v) is 3.71. The summed E-state index contributed by atoms with van der Waals surface area (Å²) in [7, 11) is 0. The Morgan fingerprint density at radius 2 is 1.70 bits per heavy atom. The van der Waals surface area contributed by atoms with Gasteiger partial charge < -0.3 is 0 Å². The Morgan fingerprint density at radius 1 is 1.10 bits per heavy atom. The predicted octanol–water partition coefficient (Wildman–Crippen LogP) is 3.56. The monoisotopic (exact) mass is 220 g/mol. The van der Waals surface area contributed by atoms with Crippen LogP contribution in [0.5, 0.6) is 0 Å². The minimum Gasteiger partial charge on any atom is -0.123 e. The molecule has 1 saturated carbocycles. The van der Waals surface area contributed by atoms with Crippen LogP contribution in [0.2, 0.25) is 0 Å². The van der Waals surface area contributed by atoms with Gasteiger partial charge in [0.2, 0.25) is 0 Å². The van der Waals surface area contributed by atoms with Crippen molar-refractivity contribution in [2.45, 2.75) is 34.3 Å². The molecule has 0 aromatic carbocycles. The Hall–Kier alpha value is 1.16. The Morgan fingerprint density at radius 3 is 2.10 bits per heavy atom. The smallest absolute Gasteiger partial charge is 0.123 e. The van der Waals surface area contributed by atoms with Crippen LogP contribution in [0.1, 0.15) is 19.3 Å². The van der Waals surface area contributed by atoms with Crippen molar-refractivity contribution in [1.29, 1.82) is 0 Å². The van der Waals surface area contributed by atoms with Gasteiger partial charge >= 0.3 is 0 Å². The standard InChI is InChI=1S/C6H8Cl4/c7-4-1-2-5(8)6(9,10)3-4/h4-5H,1-3H2/t4-,5-/m0/s1. The van der Waals surface area contributed by atoms with E-state index in [2.05, 4.69) is 0 Å². The molecular formula is C6H8Cl4. The Bertz CT molecular complexity index is 123. The molecule has 60 valence electrons. The van der Waals surface area contributed by atoms with E-state index in [1.54, 1.807) is 0 Å². The molecular weight excluding hydrogens is 214 g/mol. The first-order chi connectivity index (χ1) is 4.52. The van der Waals surface area contributed by atoms with E-state index in [-0.39, 0.29) is 10.8 Å². The van der Waals surface area contributed by atoms with Gasteiger partial charge in [-0.05, 0) is 19.3 Å². The van der Waals surface area contributed by atoms with Gasteiger partial charge in [-0.3, -0.25) is 0 Å². The average molecular weight is 222 g/mol. The van der Waals surface area contributed by atoms with E-state index < -0.39 is 4.33 Å². The van der Waals surface area contributed by atoms with Crippen molar-refractivity contribution >= 4 is 46.4 Å².